The summed E-state index contributed by atoms with van der Waals surface area (Å²) in [5.74, 6) is -0.429. The number of hydrogen-bond acceptors (Lipinski definition) is 5. The summed E-state index contributed by atoms with van der Waals surface area (Å²) in [5, 5.41) is 0. The predicted molar refractivity (Wildman–Crippen MR) is 95.9 cm³/mol. The molecular formula is C20H18N2O4. The van der Waals surface area contributed by atoms with Crippen molar-refractivity contribution in [2.24, 2.45) is 0 Å². The van der Waals surface area contributed by atoms with Gasteiger partial charge in [-0.25, -0.2) is 4.79 Å². The maximum Gasteiger partial charge on any atom is 0.338 e. The van der Waals surface area contributed by atoms with Crippen molar-refractivity contribution in [1.29, 1.82) is 0 Å². The lowest BCUT2D eigenvalue weighted by Gasteiger charge is -2.22. The third kappa shape index (κ3) is 3.97. The van der Waals surface area contributed by atoms with E-state index in [-0.39, 0.29) is 11.7 Å². The van der Waals surface area contributed by atoms with Crippen LogP contribution in [0.1, 0.15) is 33.4 Å². The van der Waals surface area contributed by atoms with Gasteiger partial charge in [0.1, 0.15) is 0 Å². The molecule has 3 aromatic rings. The topological polar surface area (TPSA) is 72.6 Å². The first-order chi connectivity index (χ1) is 12.7. The van der Waals surface area contributed by atoms with Gasteiger partial charge in [-0.1, -0.05) is 6.07 Å². The van der Waals surface area contributed by atoms with Gasteiger partial charge in [-0.15, -0.1) is 0 Å². The zero-order chi connectivity index (χ0) is 18.4. The second-order valence-electron chi connectivity index (χ2n) is 5.50. The van der Waals surface area contributed by atoms with Crippen LogP contribution in [0.25, 0.3) is 0 Å². The second kappa shape index (κ2) is 8.11. The lowest BCUT2D eigenvalue weighted by Crippen LogP contribution is -2.30. The second-order valence-corrected chi connectivity index (χ2v) is 5.50. The Morgan fingerprint density at radius 3 is 2.54 bits per heavy atom. The highest BCUT2D eigenvalue weighted by atomic mass is 16.5. The molecule has 26 heavy (non-hydrogen) atoms. The summed E-state index contributed by atoms with van der Waals surface area (Å²) in [5.41, 5.74) is 1.95. The Balaban J connectivity index is 1.90. The van der Waals surface area contributed by atoms with Gasteiger partial charge in [0.2, 0.25) is 0 Å². The van der Waals surface area contributed by atoms with Gasteiger partial charge in [0, 0.05) is 18.1 Å². The van der Waals surface area contributed by atoms with Crippen LogP contribution in [-0.2, 0) is 11.3 Å². The van der Waals surface area contributed by atoms with E-state index in [4.69, 9.17) is 9.15 Å². The Morgan fingerprint density at radius 2 is 1.92 bits per heavy atom. The number of nitrogens with zero attached hydrogens (tertiary/aromatic N) is 2. The van der Waals surface area contributed by atoms with E-state index in [1.807, 2.05) is 12.1 Å². The number of anilines is 1. The van der Waals surface area contributed by atoms with Gasteiger partial charge in [-0.05, 0) is 55.0 Å². The Morgan fingerprint density at radius 1 is 1.12 bits per heavy atom. The monoisotopic (exact) mass is 350 g/mol. The summed E-state index contributed by atoms with van der Waals surface area (Å²) in [7, 11) is 0. The number of furan rings is 1. The molecule has 0 saturated heterocycles. The first-order valence-electron chi connectivity index (χ1n) is 8.20. The van der Waals surface area contributed by atoms with Crippen LogP contribution >= 0.6 is 0 Å². The average molecular weight is 350 g/mol. The van der Waals surface area contributed by atoms with Crippen molar-refractivity contribution < 1.29 is 18.7 Å². The number of benzene rings is 1. The van der Waals surface area contributed by atoms with Crippen LogP contribution in [0.2, 0.25) is 0 Å². The summed E-state index contributed by atoms with van der Waals surface area (Å²) in [6, 6.07) is 13.7. The molecule has 2 aromatic heterocycles. The molecular weight excluding hydrogens is 332 g/mol. The third-order valence-electron chi connectivity index (χ3n) is 3.73. The van der Waals surface area contributed by atoms with Gasteiger partial charge in [0.05, 0.1) is 25.0 Å². The molecule has 0 aliphatic heterocycles. The van der Waals surface area contributed by atoms with E-state index in [0.29, 0.717) is 24.4 Å². The summed E-state index contributed by atoms with van der Waals surface area (Å²) in [4.78, 5) is 30.3. The lowest BCUT2D eigenvalue weighted by atomic mass is 10.1. The first-order valence-corrected chi connectivity index (χ1v) is 8.20. The molecule has 132 valence electrons. The molecule has 3 rings (SSSR count). The van der Waals surface area contributed by atoms with Crippen molar-refractivity contribution in [2.75, 3.05) is 11.5 Å². The Bertz CT molecular complexity index is 859. The fraction of sp³-hybridized carbons (Fsp3) is 0.150. The van der Waals surface area contributed by atoms with Crippen molar-refractivity contribution in [3.8, 4) is 0 Å². The van der Waals surface area contributed by atoms with Crippen LogP contribution < -0.4 is 4.90 Å². The van der Waals surface area contributed by atoms with Gasteiger partial charge < -0.3 is 14.1 Å². The summed E-state index contributed by atoms with van der Waals surface area (Å²) >= 11 is 0. The number of esters is 1. The maximum atomic E-state index is 12.9. The molecule has 0 N–H and O–H groups in total. The van der Waals surface area contributed by atoms with E-state index in [0.717, 1.165) is 5.56 Å². The zero-order valence-corrected chi connectivity index (χ0v) is 14.3. The zero-order valence-electron chi connectivity index (χ0n) is 14.3. The number of ether oxygens (including phenoxy) is 1. The van der Waals surface area contributed by atoms with E-state index in [1.165, 1.54) is 6.26 Å². The van der Waals surface area contributed by atoms with E-state index < -0.39 is 5.97 Å². The van der Waals surface area contributed by atoms with E-state index >= 15 is 0 Å². The van der Waals surface area contributed by atoms with Crippen LogP contribution in [0.4, 0.5) is 5.69 Å². The maximum absolute atomic E-state index is 12.9. The lowest BCUT2D eigenvalue weighted by molar-refractivity contribution is 0.0526. The van der Waals surface area contributed by atoms with Crippen molar-refractivity contribution in [3.63, 3.8) is 0 Å². The van der Waals surface area contributed by atoms with Crippen molar-refractivity contribution in [3.05, 3.63) is 84.1 Å². The highest BCUT2D eigenvalue weighted by Crippen LogP contribution is 2.21. The number of aromatic nitrogens is 1. The number of rotatable bonds is 6. The highest BCUT2D eigenvalue weighted by Gasteiger charge is 2.21. The molecule has 1 amide bonds. The molecule has 0 aliphatic carbocycles. The molecule has 0 saturated carbocycles. The highest BCUT2D eigenvalue weighted by molar-refractivity contribution is 6.04. The quantitative estimate of drug-likeness (QED) is 0.634. The molecule has 0 atom stereocenters. The van der Waals surface area contributed by atoms with Gasteiger partial charge in [0.25, 0.3) is 5.91 Å². The Kier molecular flexibility index (Phi) is 5.43. The minimum atomic E-state index is -0.393. The molecule has 2 heterocycles. The van der Waals surface area contributed by atoms with E-state index in [9.17, 15) is 9.59 Å². The van der Waals surface area contributed by atoms with Gasteiger partial charge in [-0.3, -0.25) is 9.78 Å². The first kappa shape index (κ1) is 17.4. The van der Waals surface area contributed by atoms with Crippen LogP contribution in [0.15, 0.2) is 71.6 Å². The van der Waals surface area contributed by atoms with Gasteiger partial charge in [-0.2, -0.15) is 0 Å². The fourth-order valence-electron chi connectivity index (χ4n) is 2.48. The minimum absolute atomic E-state index is 0.239. The van der Waals surface area contributed by atoms with E-state index in [1.54, 1.807) is 60.6 Å². The summed E-state index contributed by atoms with van der Waals surface area (Å²) in [6.07, 6.45) is 4.84. The molecule has 1 aromatic carbocycles. The van der Waals surface area contributed by atoms with Crippen LogP contribution in [-0.4, -0.2) is 23.5 Å². The number of carbonyl (C=O) groups is 2. The van der Waals surface area contributed by atoms with Crippen molar-refractivity contribution >= 4 is 17.6 Å². The van der Waals surface area contributed by atoms with E-state index in [2.05, 4.69) is 4.98 Å². The average Bonchev–Trinajstić information content (AvgIpc) is 3.22. The van der Waals surface area contributed by atoms with Crippen LogP contribution in [0, 0.1) is 0 Å². The Hall–Kier alpha value is -3.41. The molecule has 6 heteroatoms. The smallest absolute Gasteiger partial charge is 0.338 e. The molecule has 0 fully saturated rings. The van der Waals surface area contributed by atoms with Crippen molar-refractivity contribution in [2.45, 2.75) is 13.5 Å². The molecule has 0 aliphatic rings. The normalized spacial score (nSPS) is 10.3. The molecule has 0 unspecified atom stereocenters. The Labute approximate surface area is 151 Å². The van der Waals surface area contributed by atoms with Gasteiger partial charge in [0.15, 0.2) is 5.76 Å². The largest absolute Gasteiger partial charge is 0.462 e. The standard InChI is InChI=1S/C20H18N2O4/c1-2-25-20(24)16-7-9-17(10-8-16)22(14-15-5-3-11-21-13-15)19(23)18-6-4-12-26-18/h3-13H,2,14H2,1H3. The number of pyridine rings is 1. The summed E-state index contributed by atoms with van der Waals surface area (Å²) in [6.45, 7) is 2.39. The van der Waals surface area contributed by atoms with Crippen LogP contribution in [0.5, 0.6) is 0 Å². The SMILES string of the molecule is CCOC(=O)c1ccc(N(Cc2cccnc2)C(=O)c2ccco2)cc1. The minimum Gasteiger partial charge on any atom is -0.462 e. The molecule has 6 nitrogen and oxygen atoms in total. The molecule has 0 bridgehead atoms. The summed E-state index contributed by atoms with van der Waals surface area (Å²) < 4.78 is 10.2. The van der Waals surface area contributed by atoms with Gasteiger partial charge >= 0.3 is 5.97 Å². The molecule has 0 radical (unpaired) electrons. The number of hydrogen-bond donors (Lipinski definition) is 0. The number of carbonyl (C=O) groups excluding carboxylic acids is 2. The van der Waals surface area contributed by atoms with Crippen LogP contribution in [0.3, 0.4) is 0 Å². The predicted octanol–water partition coefficient (Wildman–Crippen LogP) is 3.70. The number of amides is 1. The fourth-order valence-corrected chi connectivity index (χ4v) is 2.48. The molecule has 0 spiro atoms. The third-order valence-corrected chi connectivity index (χ3v) is 3.73. The van der Waals surface area contributed by atoms with Crippen molar-refractivity contribution in [1.82, 2.24) is 4.98 Å².